The van der Waals surface area contributed by atoms with Gasteiger partial charge in [-0.15, -0.1) is 0 Å². The molecule has 0 saturated carbocycles. The zero-order chi connectivity index (χ0) is 17.9. The zero-order valence-corrected chi connectivity index (χ0v) is 14.0. The Balaban J connectivity index is 1.97. The van der Waals surface area contributed by atoms with Crippen molar-refractivity contribution in [3.05, 3.63) is 34.1 Å². The first-order chi connectivity index (χ1) is 11.2. The quantitative estimate of drug-likeness (QED) is 0.670. The molecule has 0 aromatic heterocycles. The van der Waals surface area contributed by atoms with Gasteiger partial charge in [-0.05, 0) is 39.7 Å². The van der Waals surface area contributed by atoms with Gasteiger partial charge in [-0.1, -0.05) is 0 Å². The van der Waals surface area contributed by atoms with Crippen molar-refractivity contribution in [2.75, 3.05) is 18.4 Å². The van der Waals surface area contributed by atoms with Gasteiger partial charge >= 0.3 is 11.8 Å². The van der Waals surface area contributed by atoms with E-state index in [9.17, 15) is 19.3 Å². The third-order valence-electron chi connectivity index (χ3n) is 3.69. The van der Waals surface area contributed by atoms with Gasteiger partial charge in [-0.2, -0.15) is 4.39 Å². The van der Waals surface area contributed by atoms with Gasteiger partial charge in [0.1, 0.15) is 5.60 Å². The van der Waals surface area contributed by atoms with Crippen molar-refractivity contribution in [2.24, 2.45) is 0 Å². The number of halogens is 1. The van der Waals surface area contributed by atoms with E-state index in [2.05, 4.69) is 5.32 Å². The molecule has 7 nitrogen and oxygen atoms in total. The second-order valence-electron chi connectivity index (χ2n) is 6.77. The summed E-state index contributed by atoms with van der Waals surface area (Å²) in [6.45, 7) is 6.49. The highest BCUT2D eigenvalue weighted by atomic mass is 19.1. The monoisotopic (exact) mass is 339 g/mol. The SMILES string of the molecule is CC(C)(C)OC(=O)N1CCCC1CNc1ccc([N+](=O)[O-])c(F)c1. The second-order valence-corrected chi connectivity index (χ2v) is 6.77. The van der Waals surface area contributed by atoms with Crippen LogP contribution in [0, 0.1) is 15.9 Å². The van der Waals surface area contributed by atoms with Crippen molar-refractivity contribution in [3.63, 3.8) is 0 Å². The number of amides is 1. The van der Waals surface area contributed by atoms with Crippen LogP contribution in [-0.4, -0.2) is 40.6 Å². The van der Waals surface area contributed by atoms with Gasteiger partial charge in [0.25, 0.3) is 0 Å². The molecule has 1 amide bonds. The number of nitro benzene ring substituents is 1. The van der Waals surface area contributed by atoms with E-state index in [-0.39, 0.29) is 12.1 Å². The minimum atomic E-state index is -0.888. The molecule has 1 fully saturated rings. The molecule has 1 aliphatic rings. The van der Waals surface area contributed by atoms with Crippen molar-refractivity contribution < 1.29 is 18.8 Å². The van der Waals surface area contributed by atoms with E-state index in [0.717, 1.165) is 25.0 Å². The van der Waals surface area contributed by atoms with Crippen molar-refractivity contribution in [3.8, 4) is 0 Å². The number of ether oxygens (including phenoxy) is 1. The van der Waals surface area contributed by atoms with Gasteiger partial charge in [0.05, 0.1) is 11.0 Å². The lowest BCUT2D eigenvalue weighted by Gasteiger charge is -2.28. The molecule has 1 aromatic carbocycles. The Morgan fingerprint density at radius 1 is 1.50 bits per heavy atom. The molecule has 0 aliphatic carbocycles. The number of benzene rings is 1. The van der Waals surface area contributed by atoms with E-state index >= 15 is 0 Å². The van der Waals surface area contributed by atoms with E-state index in [4.69, 9.17) is 4.74 Å². The van der Waals surface area contributed by atoms with Crippen LogP contribution in [0.5, 0.6) is 0 Å². The molecule has 1 unspecified atom stereocenters. The van der Waals surface area contributed by atoms with E-state index in [1.165, 1.54) is 6.07 Å². The number of hydrogen-bond acceptors (Lipinski definition) is 5. The van der Waals surface area contributed by atoms with Crippen LogP contribution in [0.3, 0.4) is 0 Å². The number of nitrogens with zero attached hydrogens (tertiary/aromatic N) is 2. The zero-order valence-electron chi connectivity index (χ0n) is 14.0. The predicted octanol–water partition coefficient (Wildman–Crippen LogP) is 3.55. The standard InChI is InChI=1S/C16H22FN3O4/c1-16(2,3)24-15(21)19-8-4-5-12(19)10-18-11-6-7-14(20(22)23)13(17)9-11/h6-7,9,12,18H,4-5,8,10H2,1-3H3. The number of anilines is 1. The Bertz CT molecular complexity index is 630. The molecule has 2 rings (SSSR count). The van der Waals surface area contributed by atoms with Crippen LogP contribution >= 0.6 is 0 Å². The molecule has 1 saturated heterocycles. The van der Waals surface area contributed by atoms with Crippen LogP contribution in [0.15, 0.2) is 18.2 Å². The molecule has 24 heavy (non-hydrogen) atoms. The molecule has 132 valence electrons. The Morgan fingerprint density at radius 3 is 2.79 bits per heavy atom. The molecule has 8 heteroatoms. The first-order valence-corrected chi connectivity index (χ1v) is 7.85. The van der Waals surface area contributed by atoms with Gasteiger partial charge in [0.2, 0.25) is 5.82 Å². The summed E-state index contributed by atoms with van der Waals surface area (Å²) in [6.07, 6.45) is 1.34. The Kier molecular flexibility index (Phi) is 5.26. The molecule has 1 aliphatic heterocycles. The van der Waals surface area contributed by atoms with E-state index < -0.39 is 22.0 Å². The average Bonchev–Trinajstić information content (AvgIpc) is 2.91. The number of nitrogens with one attached hydrogen (secondary N) is 1. The van der Waals surface area contributed by atoms with Crippen LogP contribution in [0.25, 0.3) is 0 Å². The molecule has 0 bridgehead atoms. The Morgan fingerprint density at radius 2 is 2.21 bits per heavy atom. The second kappa shape index (κ2) is 7.02. The molecule has 1 heterocycles. The number of carbonyl (C=O) groups excluding carboxylic acids is 1. The largest absolute Gasteiger partial charge is 0.444 e. The highest BCUT2D eigenvalue weighted by Gasteiger charge is 2.32. The van der Waals surface area contributed by atoms with Crippen LogP contribution in [0.1, 0.15) is 33.6 Å². The summed E-state index contributed by atoms with van der Waals surface area (Å²) in [4.78, 5) is 23.7. The fourth-order valence-electron chi connectivity index (χ4n) is 2.61. The molecule has 1 aromatic rings. The highest BCUT2D eigenvalue weighted by Crippen LogP contribution is 2.23. The lowest BCUT2D eigenvalue weighted by atomic mass is 10.2. The molecular weight excluding hydrogens is 317 g/mol. The van der Waals surface area contributed by atoms with Crippen molar-refractivity contribution in [1.82, 2.24) is 4.90 Å². The average molecular weight is 339 g/mol. The summed E-state index contributed by atoms with van der Waals surface area (Å²) < 4.78 is 19.0. The summed E-state index contributed by atoms with van der Waals surface area (Å²) in [6, 6.07) is 3.61. The van der Waals surface area contributed by atoms with E-state index in [1.54, 1.807) is 4.90 Å². The van der Waals surface area contributed by atoms with Gasteiger partial charge < -0.3 is 15.0 Å². The number of carbonyl (C=O) groups is 1. The summed E-state index contributed by atoms with van der Waals surface area (Å²) in [5, 5.41) is 13.6. The number of likely N-dealkylation sites (tertiary alicyclic amines) is 1. The fraction of sp³-hybridized carbons (Fsp3) is 0.562. The van der Waals surface area contributed by atoms with Crippen LogP contribution in [-0.2, 0) is 4.74 Å². The van der Waals surface area contributed by atoms with Crippen molar-refractivity contribution >= 4 is 17.5 Å². The smallest absolute Gasteiger partial charge is 0.410 e. The first kappa shape index (κ1) is 18.0. The third kappa shape index (κ3) is 4.56. The number of nitro groups is 1. The van der Waals surface area contributed by atoms with Gasteiger partial charge in [0.15, 0.2) is 0 Å². The highest BCUT2D eigenvalue weighted by molar-refractivity contribution is 5.69. The summed E-state index contributed by atoms with van der Waals surface area (Å²) in [5.41, 5.74) is -0.676. The summed E-state index contributed by atoms with van der Waals surface area (Å²) in [7, 11) is 0. The third-order valence-corrected chi connectivity index (χ3v) is 3.69. The fourth-order valence-corrected chi connectivity index (χ4v) is 2.61. The maximum atomic E-state index is 13.6. The number of rotatable bonds is 4. The van der Waals surface area contributed by atoms with Crippen LogP contribution in [0.4, 0.5) is 20.6 Å². The normalized spacial score (nSPS) is 17.7. The molecule has 0 spiro atoms. The minimum Gasteiger partial charge on any atom is -0.444 e. The van der Waals surface area contributed by atoms with Crippen LogP contribution in [0.2, 0.25) is 0 Å². The molecular formula is C16H22FN3O4. The van der Waals surface area contributed by atoms with Gasteiger partial charge in [-0.3, -0.25) is 10.1 Å². The Labute approximate surface area is 139 Å². The van der Waals surface area contributed by atoms with Crippen molar-refractivity contribution in [1.29, 1.82) is 0 Å². The minimum absolute atomic E-state index is 0.0573. The van der Waals surface area contributed by atoms with Crippen molar-refractivity contribution in [2.45, 2.75) is 45.3 Å². The lowest BCUT2D eigenvalue weighted by Crippen LogP contribution is -2.42. The lowest BCUT2D eigenvalue weighted by molar-refractivity contribution is -0.387. The van der Waals surface area contributed by atoms with Gasteiger partial charge in [-0.25, -0.2) is 4.79 Å². The maximum absolute atomic E-state index is 13.6. The summed E-state index contributed by atoms with van der Waals surface area (Å²) in [5.74, 6) is -0.888. The first-order valence-electron chi connectivity index (χ1n) is 7.85. The van der Waals surface area contributed by atoms with Gasteiger partial charge in [0, 0.05) is 30.9 Å². The molecule has 0 radical (unpaired) electrons. The van der Waals surface area contributed by atoms with E-state index in [0.29, 0.717) is 18.8 Å². The van der Waals surface area contributed by atoms with Crippen LogP contribution < -0.4 is 5.32 Å². The predicted molar refractivity (Wildman–Crippen MR) is 87.5 cm³/mol. The maximum Gasteiger partial charge on any atom is 0.410 e. The molecule has 1 atom stereocenters. The topological polar surface area (TPSA) is 84.7 Å². The Hall–Kier alpha value is -2.38. The summed E-state index contributed by atoms with van der Waals surface area (Å²) >= 11 is 0. The van der Waals surface area contributed by atoms with E-state index in [1.807, 2.05) is 20.8 Å². The number of hydrogen-bond donors (Lipinski definition) is 1. The molecule has 1 N–H and O–H groups in total.